The normalized spacial score (nSPS) is 28.1. The number of hydrogen-bond acceptors (Lipinski definition) is 3. The van der Waals surface area contributed by atoms with Crippen molar-refractivity contribution in [2.45, 2.75) is 37.8 Å². The van der Waals surface area contributed by atoms with E-state index in [1.807, 2.05) is 0 Å². The first-order valence-electron chi connectivity index (χ1n) is 6.89. The molecule has 1 aliphatic heterocycles. The smallest absolute Gasteiger partial charge is 0.0829 e. The van der Waals surface area contributed by atoms with Gasteiger partial charge in [0.1, 0.15) is 0 Å². The Labute approximate surface area is 114 Å². The molecule has 3 nitrogen and oxygen atoms in total. The molecule has 0 bridgehead atoms. The van der Waals surface area contributed by atoms with E-state index >= 15 is 0 Å². The van der Waals surface area contributed by atoms with Crippen LogP contribution in [0, 0.1) is 0 Å². The van der Waals surface area contributed by atoms with E-state index in [0.717, 1.165) is 44.2 Å². The highest BCUT2D eigenvalue weighted by atomic mass is 79.9. The highest BCUT2D eigenvalue weighted by molar-refractivity contribution is 9.09. The van der Waals surface area contributed by atoms with Crippen molar-refractivity contribution in [3.05, 3.63) is 0 Å². The SMILES string of the molecule is CN1CCOC(CN(CCBr)C2CCCC2)C1. The summed E-state index contributed by atoms with van der Waals surface area (Å²) in [7, 11) is 2.19. The van der Waals surface area contributed by atoms with Crippen LogP contribution in [-0.4, -0.2) is 67.1 Å². The van der Waals surface area contributed by atoms with Crippen molar-refractivity contribution in [3.63, 3.8) is 0 Å². The Morgan fingerprint density at radius 2 is 2.12 bits per heavy atom. The Hall–Kier alpha value is 0.360. The van der Waals surface area contributed by atoms with Crippen molar-refractivity contribution in [1.82, 2.24) is 9.80 Å². The van der Waals surface area contributed by atoms with Crippen LogP contribution in [0.1, 0.15) is 25.7 Å². The summed E-state index contributed by atoms with van der Waals surface area (Å²) in [5.41, 5.74) is 0. The van der Waals surface area contributed by atoms with Crippen LogP contribution in [-0.2, 0) is 4.74 Å². The topological polar surface area (TPSA) is 15.7 Å². The van der Waals surface area contributed by atoms with Crippen molar-refractivity contribution in [1.29, 1.82) is 0 Å². The molecule has 0 N–H and O–H groups in total. The number of likely N-dealkylation sites (N-methyl/N-ethyl adjacent to an activating group) is 1. The number of ether oxygens (including phenoxy) is 1. The predicted molar refractivity (Wildman–Crippen MR) is 74.9 cm³/mol. The second kappa shape index (κ2) is 7.07. The molecular weight excluding hydrogens is 280 g/mol. The van der Waals surface area contributed by atoms with Gasteiger partial charge in [-0.2, -0.15) is 0 Å². The third-order valence-electron chi connectivity index (χ3n) is 3.99. The molecule has 17 heavy (non-hydrogen) atoms. The molecule has 4 heteroatoms. The molecule has 1 heterocycles. The van der Waals surface area contributed by atoms with Crippen LogP contribution in [0.5, 0.6) is 0 Å². The molecule has 2 rings (SSSR count). The minimum Gasteiger partial charge on any atom is -0.374 e. The van der Waals surface area contributed by atoms with Gasteiger partial charge in [0.2, 0.25) is 0 Å². The average molecular weight is 305 g/mol. The molecule has 1 atom stereocenters. The Bertz CT molecular complexity index is 221. The zero-order valence-electron chi connectivity index (χ0n) is 10.9. The molecule has 0 aromatic carbocycles. The maximum absolute atomic E-state index is 5.89. The molecule has 0 aromatic rings. The third-order valence-corrected chi connectivity index (χ3v) is 4.35. The lowest BCUT2D eigenvalue weighted by Crippen LogP contribution is -2.48. The van der Waals surface area contributed by atoms with Crippen molar-refractivity contribution in [2.24, 2.45) is 0 Å². The van der Waals surface area contributed by atoms with Gasteiger partial charge in [-0.15, -0.1) is 0 Å². The molecule has 0 radical (unpaired) electrons. The van der Waals surface area contributed by atoms with Gasteiger partial charge in [0, 0.05) is 37.6 Å². The molecule has 1 saturated carbocycles. The Balaban J connectivity index is 1.83. The van der Waals surface area contributed by atoms with E-state index in [9.17, 15) is 0 Å². The number of hydrogen-bond donors (Lipinski definition) is 0. The fraction of sp³-hybridized carbons (Fsp3) is 1.00. The molecular formula is C13H25BrN2O. The van der Waals surface area contributed by atoms with E-state index < -0.39 is 0 Å². The third kappa shape index (κ3) is 4.19. The number of halogens is 1. The van der Waals surface area contributed by atoms with E-state index in [1.165, 1.54) is 25.7 Å². The summed E-state index contributed by atoms with van der Waals surface area (Å²) < 4.78 is 5.89. The van der Waals surface area contributed by atoms with E-state index in [1.54, 1.807) is 0 Å². The zero-order chi connectivity index (χ0) is 12.1. The average Bonchev–Trinajstić information content (AvgIpc) is 2.82. The summed E-state index contributed by atoms with van der Waals surface area (Å²) in [5.74, 6) is 0. The zero-order valence-corrected chi connectivity index (χ0v) is 12.5. The van der Waals surface area contributed by atoms with Gasteiger partial charge in [-0.3, -0.25) is 4.90 Å². The van der Waals surface area contributed by atoms with Crippen LogP contribution in [0.2, 0.25) is 0 Å². The molecule has 0 amide bonds. The quantitative estimate of drug-likeness (QED) is 0.722. The fourth-order valence-corrected chi connectivity index (χ4v) is 3.50. The predicted octanol–water partition coefficient (Wildman–Crippen LogP) is 1.96. The summed E-state index contributed by atoms with van der Waals surface area (Å²) in [6, 6.07) is 0.809. The van der Waals surface area contributed by atoms with E-state index in [-0.39, 0.29) is 0 Å². The van der Waals surface area contributed by atoms with Crippen LogP contribution in [0.3, 0.4) is 0 Å². The minimum absolute atomic E-state index is 0.411. The second-order valence-corrected chi connectivity index (χ2v) is 6.17. The second-order valence-electron chi connectivity index (χ2n) is 5.38. The molecule has 2 fully saturated rings. The lowest BCUT2D eigenvalue weighted by atomic mass is 10.1. The summed E-state index contributed by atoms with van der Waals surface area (Å²) in [6.07, 6.45) is 6.00. The lowest BCUT2D eigenvalue weighted by Gasteiger charge is -2.36. The van der Waals surface area contributed by atoms with Gasteiger partial charge in [-0.1, -0.05) is 28.8 Å². The maximum atomic E-state index is 5.89. The van der Waals surface area contributed by atoms with Crippen molar-refractivity contribution < 1.29 is 4.74 Å². The highest BCUT2D eigenvalue weighted by Gasteiger charge is 2.26. The fourth-order valence-electron chi connectivity index (χ4n) is 3.04. The highest BCUT2D eigenvalue weighted by Crippen LogP contribution is 2.24. The molecule has 1 aliphatic carbocycles. The van der Waals surface area contributed by atoms with Crippen LogP contribution in [0.15, 0.2) is 0 Å². The summed E-state index contributed by atoms with van der Waals surface area (Å²) in [5, 5.41) is 1.08. The first kappa shape index (κ1) is 13.8. The number of alkyl halides is 1. The first-order valence-corrected chi connectivity index (χ1v) is 8.02. The van der Waals surface area contributed by atoms with Gasteiger partial charge >= 0.3 is 0 Å². The van der Waals surface area contributed by atoms with Gasteiger partial charge in [-0.25, -0.2) is 0 Å². The monoisotopic (exact) mass is 304 g/mol. The molecule has 0 spiro atoms. The Morgan fingerprint density at radius 1 is 1.35 bits per heavy atom. The number of rotatable bonds is 5. The van der Waals surface area contributed by atoms with E-state index in [0.29, 0.717) is 6.10 Å². The van der Waals surface area contributed by atoms with Gasteiger partial charge in [0.15, 0.2) is 0 Å². The summed E-state index contributed by atoms with van der Waals surface area (Å²) >= 11 is 3.58. The molecule has 100 valence electrons. The molecule has 0 aromatic heterocycles. The summed E-state index contributed by atoms with van der Waals surface area (Å²) in [4.78, 5) is 5.03. The Kier molecular flexibility index (Phi) is 5.74. The summed E-state index contributed by atoms with van der Waals surface area (Å²) in [6.45, 7) is 5.34. The maximum Gasteiger partial charge on any atom is 0.0829 e. The molecule has 2 aliphatic rings. The Morgan fingerprint density at radius 3 is 2.76 bits per heavy atom. The van der Waals surface area contributed by atoms with Crippen molar-refractivity contribution in [2.75, 3.05) is 45.2 Å². The van der Waals surface area contributed by atoms with E-state index in [2.05, 4.69) is 32.8 Å². The lowest BCUT2D eigenvalue weighted by molar-refractivity contribution is -0.0401. The standard InChI is InChI=1S/C13H25BrN2O/c1-15-8-9-17-13(10-15)11-16(7-6-14)12-4-2-3-5-12/h12-13H,2-11H2,1H3. The minimum atomic E-state index is 0.411. The van der Waals surface area contributed by atoms with Crippen LogP contribution < -0.4 is 0 Å². The number of nitrogens with zero attached hydrogens (tertiary/aromatic N) is 2. The first-order chi connectivity index (χ1) is 8.29. The van der Waals surface area contributed by atoms with Crippen LogP contribution in [0.4, 0.5) is 0 Å². The largest absolute Gasteiger partial charge is 0.374 e. The van der Waals surface area contributed by atoms with E-state index in [4.69, 9.17) is 4.74 Å². The van der Waals surface area contributed by atoms with Crippen molar-refractivity contribution >= 4 is 15.9 Å². The van der Waals surface area contributed by atoms with Gasteiger partial charge in [-0.05, 0) is 19.9 Å². The van der Waals surface area contributed by atoms with Crippen LogP contribution in [0.25, 0.3) is 0 Å². The van der Waals surface area contributed by atoms with Gasteiger partial charge in [0.25, 0.3) is 0 Å². The van der Waals surface area contributed by atoms with Crippen molar-refractivity contribution in [3.8, 4) is 0 Å². The van der Waals surface area contributed by atoms with Gasteiger partial charge in [0.05, 0.1) is 12.7 Å². The number of morpholine rings is 1. The van der Waals surface area contributed by atoms with Gasteiger partial charge < -0.3 is 9.64 Å². The molecule has 1 saturated heterocycles. The van der Waals surface area contributed by atoms with Crippen LogP contribution >= 0.6 is 15.9 Å². The molecule has 1 unspecified atom stereocenters.